The molecule has 2 N–H and O–H groups in total. The molecule has 1 saturated heterocycles. The van der Waals surface area contributed by atoms with Gasteiger partial charge in [-0.2, -0.15) is 0 Å². The third-order valence-corrected chi connectivity index (χ3v) is 6.66. The molecule has 0 aromatic heterocycles. The number of carbonyl (C=O) groups excluding carboxylic acids is 3. The Bertz CT molecular complexity index is 1150. The standard InChI is InChI=1S/C25H25N3O3S/c1-25(20-13-12-18-8-5-6-9-19(18)16-20)23(30)28(24(31)27-25)17-22(29)26-14-7-15-32-21-10-3-2-4-11-21/h2-6,8-13,16H,7,14-15,17H2,1H3,(H,26,29)(H,27,31). The van der Waals surface area contributed by atoms with E-state index in [0.29, 0.717) is 12.1 Å². The lowest BCUT2D eigenvalue weighted by Crippen LogP contribution is -2.43. The van der Waals surface area contributed by atoms with Crippen molar-refractivity contribution in [3.8, 4) is 0 Å². The van der Waals surface area contributed by atoms with Crippen LogP contribution in [0.15, 0.2) is 77.7 Å². The van der Waals surface area contributed by atoms with Crippen LogP contribution in [0.25, 0.3) is 10.8 Å². The summed E-state index contributed by atoms with van der Waals surface area (Å²) in [7, 11) is 0. The molecule has 164 valence electrons. The van der Waals surface area contributed by atoms with E-state index in [1.165, 1.54) is 4.90 Å². The number of hydrogen-bond acceptors (Lipinski definition) is 4. The molecule has 6 nitrogen and oxygen atoms in total. The van der Waals surface area contributed by atoms with Gasteiger partial charge in [-0.25, -0.2) is 4.79 Å². The maximum absolute atomic E-state index is 13.1. The van der Waals surface area contributed by atoms with Gasteiger partial charge in [-0.15, -0.1) is 11.8 Å². The lowest BCUT2D eigenvalue weighted by molar-refractivity contribution is -0.134. The molecule has 0 spiro atoms. The molecule has 7 heteroatoms. The topological polar surface area (TPSA) is 78.5 Å². The number of benzene rings is 3. The Morgan fingerprint density at radius 1 is 1.00 bits per heavy atom. The Morgan fingerprint density at radius 2 is 1.72 bits per heavy atom. The molecule has 0 aliphatic carbocycles. The summed E-state index contributed by atoms with van der Waals surface area (Å²) in [6, 6.07) is 23.0. The lowest BCUT2D eigenvalue weighted by atomic mass is 9.90. The van der Waals surface area contributed by atoms with Crippen molar-refractivity contribution >= 4 is 40.4 Å². The van der Waals surface area contributed by atoms with Crippen LogP contribution in [0.3, 0.4) is 0 Å². The summed E-state index contributed by atoms with van der Waals surface area (Å²) in [5, 5.41) is 7.61. The second-order valence-corrected chi connectivity index (χ2v) is 9.04. The number of amides is 4. The molecule has 0 saturated carbocycles. The highest BCUT2D eigenvalue weighted by Crippen LogP contribution is 2.30. The number of urea groups is 1. The van der Waals surface area contributed by atoms with Gasteiger partial charge in [0.1, 0.15) is 12.1 Å². The highest BCUT2D eigenvalue weighted by Gasteiger charge is 2.49. The molecule has 1 fully saturated rings. The average molecular weight is 448 g/mol. The largest absolute Gasteiger partial charge is 0.355 e. The molecule has 1 aliphatic heterocycles. The molecule has 1 heterocycles. The van der Waals surface area contributed by atoms with Crippen molar-refractivity contribution in [3.63, 3.8) is 0 Å². The fourth-order valence-corrected chi connectivity index (χ4v) is 4.62. The van der Waals surface area contributed by atoms with E-state index in [2.05, 4.69) is 10.6 Å². The van der Waals surface area contributed by atoms with E-state index < -0.39 is 17.5 Å². The van der Waals surface area contributed by atoms with Gasteiger partial charge >= 0.3 is 6.03 Å². The van der Waals surface area contributed by atoms with E-state index in [1.54, 1.807) is 18.7 Å². The number of imide groups is 1. The van der Waals surface area contributed by atoms with Crippen LogP contribution in [0, 0.1) is 0 Å². The number of fused-ring (bicyclic) bond motifs is 1. The van der Waals surface area contributed by atoms with Gasteiger partial charge in [0.15, 0.2) is 0 Å². The van der Waals surface area contributed by atoms with Crippen molar-refractivity contribution < 1.29 is 14.4 Å². The summed E-state index contributed by atoms with van der Waals surface area (Å²) in [6.45, 7) is 1.87. The van der Waals surface area contributed by atoms with E-state index in [4.69, 9.17) is 0 Å². The van der Waals surface area contributed by atoms with Gasteiger partial charge in [0.05, 0.1) is 0 Å². The van der Waals surface area contributed by atoms with E-state index in [1.807, 2.05) is 72.8 Å². The van der Waals surface area contributed by atoms with Crippen LogP contribution in [0.4, 0.5) is 4.79 Å². The maximum Gasteiger partial charge on any atom is 0.325 e. The van der Waals surface area contributed by atoms with Crippen molar-refractivity contribution in [1.29, 1.82) is 0 Å². The molecular formula is C25H25N3O3S. The first kappa shape index (κ1) is 21.9. The summed E-state index contributed by atoms with van der Waals surface area (Å²) in [4.78, 5) is 40.1. The minimum absolute atomic E-state index is 0.292. The zero-order valence-electron chi connectivity index (χ0n) is 17.8. The number of rotatable bonds is 8. The molecule has 0 radical (unpaired) electrons. The Morgan fingerprint density at radius 3 is 2.50 bits per heavy atom. The van der Waals surface area contributed by atoms with Crippen molar-refractivity contribution in [2.24, 2.45) is 0 Å². The van der Waals surface area contributed by atoms with E-state index in [9.17, 15) is 14.4 Å². The number of hydrogen-bond donors (Lipinski definition) is 2. The van der Waals surface area contributed by atoms with Gasteiger partial charge in [0.25, 0.3) is 5.91 Å². The first-order valence-electron chi connectivity index (χ1n) is 10.6. The quantitative estimate of drug-likeness (QED) is 0.312. The molecule has 3 aromatic carbocycles. The van der Waals surface area contributed by atoms with Gasteiger partial charge in [0.2, 0.25) is 5.91 Å². The Kier molecular flexibility index (Phi) is 6.46. The second-order valence-electron chi connectivity index (χ2n) is 7.87. The third-order valence-electron chi connectivity index (χ3n) is 5.56. The van der Waals surface area contributed by atoms with Gasteiger partial charge < -0.3 is 10.6 Å². The van der Waals surface area contributed by atoms with Crippen molar-refractivity contribution in [2.45, 2.75) is 23.8 Å². The predicted octanol–water partition coefficient (Wildman–Crippen LogP) is 3.91. The van der Waals surface area contributed by atoms with Gasteiger partial charge in [-0.1, -0.05) is 54.6 Å². The van der Waals surface area contributed by atoms with Crippen LogP contribution in [0.2, 0.25) is 0 Å². The van der Waals surface area contributed by atoms with E-state index >= 15 is 0 Å². The van der Waals surface area contributed by atoms with E-state index in [-0.39, 0.29) is 12.5 Å². The third kappa shape index (κ3) is 4.62. The molecule has 4 rings (SSSR count). The summed E-state index contributed by atoms with van der Waals surface area (Å²) < 4.78 is 0. The van der Waals surface area contributed by atoms with Crippen molar-refractivity contribution in [1.82, 2.24) is 15.5 Å². The fraction of sp³-hybridized carbons (Fsp3) is 0.240. The number of nitrogens with one attached hydrogen (secondary N) is 2. The number of nitrogens with zero attached hydrogens (tertiary/aromatic N) is 1. The van der Waals surface area contributed by atoms with Crippen LogP contribution in [0.1, 0.15) is 18.9 Å². The van der Waals surface area contributed by atoms with Crippen LogP contribution >= 0.6 is 11.8 Å². The molecular weight excluding hydrogens is 422 g/mol. The Balaban J connectivity index is 1.32. The first-order valence-corrected chi connectivity index (χ1v) is 11.5. The minimum atomic E-state index is -1.20. The summed E-state index contributed by atoms with van der Waals surface area (Å²) in [5.41, 5.74) is -0.510. The fourth-order valence-electron chi connectivity index (χ4n) is 3.74. The summed E-state index contributed by atoms with van der Waals surface area (Å²) >= 11 is 1.72. The van der Waals surface area contributed by atoms with Crippen LogP contribution in [-0.4, -0.2) is 41.6 Å². The van der Waals surface area contributed by atoms with Crippen molar-refractivity contribution in [3.05, 3.63) is 78.4 Å². The molecule has 1 aliphatic rings. The van der Waals surface area contributed by atoms with E-state index in [0.717, 1.165) is 27.8 Å². The zero-order valence-corrected chi connectivity index (χ0v) is 18.7. The lowest BCUT2D eigenvalue weighted by Gasteiger charge is -2.22. The Labute approximate surface area is 191 Å². The zero-order chi connectivity index (χ0) is 22.6. The van der Waals surface area contributed by atoms with Crippen LogP contribution < -0.4 is 10.6 Å². The Hall–Kier alpha value is -3.32. The molecule has 3 aromatic rings. The van der Waals surface area contributed by atoms with Crippen LogP contribution in [-0.2, 0) is 15.1 Å². The van der Waals surface area contributed by atoms with Gasteiger partial charge in [-0.05, 0) is 53.6 Å². The molecule has 4 amide bonds. The molecule has 0 bridgehead atoms. The highest BCUT2D eigenvalue weighted by atomic mass is 32.2. The normalized spacial score (nSPS) is 18.1. The summed E-state index contributed by atoms with van der Waals surface area (Å²) in [6.07, 6.45) is 0.792. The number of carbonyl (C=O) groups is 3. The minimum Gasteiger partial charge on any atom is -0.355 e. The van der Waals surface area contributed by atoms with Gasteiger partial charge in [-0.3, -0.25) is 14.5 Å². The maximum atomic E-state index is 13.1. The average Bonchev–Trinajstić information content (AvgIpc) is 3.03. The molecule has 32 heavy (non-hydrogen) atoms. The SMILES string of the molecule is CC1(c2ccc3ccccc3c2)NC(=O)N(CC(=O)NCCCSc2ccccc2)C1=O. The monoisotopic (exact) mass is 447 g/mol. The number of thioether (sulfide) groups is 1. The summed E-state index contributed by atoms with van der Waals surface area (Å²) in [5.74, 6) is 0.0986. The smallest absolute Gasteiger partial charge is 0.325 e. The van der Waals surface area contributed by atoms with Crippen LogP contribution in [0.5, 0.6) is 0 Å². The van der Waals surface area contributed by atoms with Crippen molar-refractivity contribution in [2.75, 3.05) is 18.8 Å². The second kappa shape index (κ2) is 9.44. The predicted molar refractivity (Wildman–Crippen MR) is 126 cm³/mol. The highest BCUT2D eigenvalue weighted by molar-refractivity contribution is 7.99. The molecule has 1 unspecified atom stereocenters. The van der Waals surface area contributed by atoms with Gasteiger partial charge in [0, 0.05) is 11.4 Å². The first-order chi connectivity index (χ1) is 15.5. The molecule has 1 atom stereocenters.